The van der Waals surface area contributed by atoms with Gasteiger partial charge in [0.25, 0.3) is 0 Å². The maximum atomic E-state index is 5.25. The number of thiazole rings is 1. The van der Waals surface area contributed by atoms with E-state index >= 15 is 0 Å². The quantitative estimate of drug-likeness (QED) is 0.230. The first kappa shape index (κ1) is 33.3. The van der Waals surface area contributed by atoms with Crippen LogP contribution in [0.3, 0.4) is 0 Å². The number of hydrogen-bond acceptors (Lipinski definition) is 5. The second-order valence-corrected chi connectivity index (χ2v) is 11.1. The molecule has 0 radical (unpaired) electrons. The second-order valence-electron chi connectivity index (χ2n) is 10.1. The number of benzene rings is 2. The normalized spacial score (nSPS) is 12.4. The first-order chi connectivity index (χ1) is 19.4. The van der Waals surface area contributed by atoms with Crippen molar-refractivity contribution >= 4 is 11.3 Å². The lowest BCUT2D eigenvalue weighted by Gasteiger charge is -2.26. The SMILES string of the molecule is C/C=C\C.CC1=COCO1.CCCCN(Cc1sc(-c2c(CC)cccc2CC)nc1-c1ccccc1)C(C)C. The lowest BCUT2D eigenvalue weighted by atomic mass is 9.98. The van der Waals surface area contributed by atoms with Gasteiger partial charge in [-0.1, -0.05) is 87.9 Å². The van der Waals surface area contributed by atoms with Crippen LogP contribution in [0.4, 0.5) is 0 Å². The highest BCUT2D eigenvalue weighted by atomic mass is 32.1. The van der Waals surface area contributed by atoms with E-state index in [0.29, 0.717) is 12.8 Å². The Morgan fingerprint density at radius 3 is 2.05 bits per heavy atom. The van der Waals surface area contributed by atoms with Crippen LogP contribution in [0.15, 0.2) is 72.7 Å². The molecular formula is C35H50N2O2S. The lowest BCUT2D eigenvalue weighted by molar-refractivity contribution is 0.0813. The molecule has 1 aliphatic heterocycles. The van der Waals surface area contributed by atoms with Crippen LogP contribution in [-0.2, 0) is 28.9 Å². The first-order valence-electron chi connectivity index (χ1n) is 14.8. The fourth-order valence-corrected chi connectivity index (χ4v) is 5.51. The summed E-state index contributed by atoms with van der Waals surface area (Å²) < 4.78 is 9.46. The minimum absolute atomic E-state index is 0.395. The highest BCUT2D eigenvalue weighted by molar-refractivity contribution is 7.15. The molecule has 4 rings (SSSR count). The van der Waals surface area contributed by atoms with Crippen molar-refractivity contribution in [3.05, 3.63) is 88.7 Å². The van der Waals surface area contributed by atoms with Gasteiger partial charge in [0.1, 0.15) is 17.0 Å². The summed E-state index contributed by atoms with van der Waals surface area (Å²) in [6.45, 7) is 19.7. The van der Waals surface area contributed by atoms with Gasteiger partial charge in [0.15, 0.2) is 0 Å². The number of allylic oxidation sites excluding steroid dienone is 3. The summed E-state index contributed by atoms with van der Waals surface area (Å²) in [7, 11) is 0. The van der Waals surface area contributed by atoms with Crippen LogP contribution in [0.5, 0.6) is 0 Å². The summed E-state index contributed by atoms with van der Waals surface area (Å²) >= 11 is 1.89. The highest BCUT2D eigenvalue weighted by Gasteiger charge is 2.21. The highest BCUT2D eigenvalue weighted by Crippen LogP contribution is 2.38. The smallest absolute Gasteiger partial charge is 0.229 e. The maximum Gasteiger partial charge on any atom is 0.229 e. The Hall–Kier alpha value is -2.89. The van der Waals surface area contributed by atoms with Gasteiger partial charge in [-0.3, -0.25) is 4.90 Å². The summed E-state index contributed by atoms with van der Waals surface area (Å²) in [6, 6.07) is 18.0. The largest absolute Gasteiger partial charge is 0.462 e. The molecule has 1 aromatic heterocycles. The van der Waals surface area contributed by atoms with E-state index in [4.69, 9.17) is 9.72 Å². The molecule has 4 nitrogen and oxygen atoms in total. The first-order valence-corrected chi connectivity index (χ1v) is 15.6. The minimum atomic E-state index is 0.395. The third kappa shape index (κ3) is 10.3. The van der Waals surface area contributed by atoms with E-state index in [-0.39, 0.29) is 0 Å². The van der Waals surface area contributed by atoms with Crippen LogP contribution in [0.1, 0.15) is 84.2 Å². The summed E-state index contributed by atoms with van der Waals surface area (Å²) in [6.07, 6.45) is 10.1. The average Bonchev–Trinajstić information content (AvgIpc) is 3.64. The standard InChI is InChI=1S/C27H36N2S.C4H6O2.C4H8/c1-6-9-18-29(20(4)5)19-24-26(23-14-11-10-12-15-23)28-27(30-24)25-21(7-2)16-13-17-22(25)8-3;1-4-2-5-3-6-4;1-3-4-2/h10-17,20H,6-9,18-19H2,1-5H3;2H,3H2,1H3;3-4H,1-2H3/b;;4-3-. The van der Waals surface area contributed by atoms with Crippen LogP contribution >= 0.6 is 11.3 Å². The van der Waals surface area contributed by atoms with E-state index in [9.17, 15) is 0 Å². The van der Waals surface area contributed by atoms with Gasteiger partial charge in [0.05, 0.1) is 5.69 Å². The Bertz CT molecular complexity index is 1160. The fourth-order valence-electron chi connectivity index (χ4n) is 4.28. The maximum absolute atomic E-state index is 5.25. The van der Waals surface area contributed by atoms with Crippen molar-refractivity contribution in [3.8, 4) is 21.8 Å². The van der Waals surface area contributed by atoms with Gasteiger partial charge >= 0.3 is 0 Å². The van der Waals surface area contributed by atoms with Crippen molar-refractivity contribution in [3.63, 3.8) is 0 Å². The molecule has 0 atom stereocenters. The predicted molar refractivity (Wildman–Crippen MR) is 173 cm³/mol. The minimum Gasteiger partial charge on any atom is -0.462 e. The van der Waals surface area contributed by atoms with Crippen molar-refractivity contribution < 1.29 is 9.47 Å². The molecule has 0 aliphatic carbocycles. The second kappa shape index (κ2) is 18.5. The molecule has 40 heavy (non-hydrogen) atoms. The Labute approximate surface area is 247 Å². The van der Waals surface area contributed by atoms with Crippen molar-refractivity contribution in [1.82, 2.24) is 9.88 Å². The van der Waals surface area contributed by atoms with E-state index < -0.39 is 0 Å². The summed E-state index contributed by atoms with van der Waals surface area (Å²) in [4.78, 5) is 9.23. The molecule has 1 aliphatic rings. The van der Waals surface area contributed by atoms with Gasteiger partial charge < -0.3 is 9.47 Å². The van der Waals surface area contributed by atoms with Crippen LogP contribution in [0.25, 0.3) is 21.8 Å². The van der Waals surface area contributed by atoms with Gasteiger partial charge in [-0.25, -0.2) is 4.98 Å². The topological polar surface area (TPSA) is 34.6 Å². The molecule has 0 spiro atoms. The van der Waals surface area contributed by atoms with E-state index in [1.54, 1.807) is 6.26 Å². The van der Waals surface area contributed by atoms with Crippen LogP contribution in [-0.4, -0.2) is 29.3 Å². The number of ether oxygens (including phenoxy) is 2. The zero-order chi connectivity index (χ0) is 29.3. The zero-order valence-electron chi connectivity index (χ0n) is 26.0. The van der Waals surface area contributed by atoms with E-state index in [1.807, 2.05) is 44.3 Å². The molecule has 218 valence electrons. The number of aromatic nitrogens is 1. The molecule has 0 amide bonds. The molecule has 2 aromatic carbocycles. The molecule has 0 saturated heterocycles. The Morgan fingerprint density at radius 1 is 0.950 bits per heavy atom. The number of nitrogens with zero attached hydrogens (tertiary/aromatic N) is 2. The molecule has 0 N–H and O–H groups in total. The molecule has 0 bridgehead atoms. The third-order valence-corrected chi connectivity index (χ3v) is 7.83. The monoisotopic (exact) mass is 562 g/mol. The zero-order valence-corrected chi connectivity index (χ0v) is 26.8. The van der Waals surface area contributed by atoms with Crippen LogP contribution < -0.4 is 0 Å². The lowest BCUT2D eigenvalue weighted by Crippen LogP contribution is -2.31. The Kier molecular flexibility index (Phi) is 15.4. The summed E-state index contributed by atoms with van der Waals surface area (Å²) in [5.41, 5.74) is 6.55. The number of unbranched alkanes of at least 4 members (excludes halogenated alkanes) is 1. The third-order valence-electron chi connectivity index (χ3n) is 6.77. The van der Waals surface area contributed by atoms with E-state index in [1.165, 1.54) is 45.0 Å². The van der Waals surface area contributed by atoms with Gasteiger partial charge in [-0.15, -0.1) is 11.3 Å². The molecule has 0 unspecified atom stereocenters. The molecule has 5 heteroatoms. The van der Waals surface area contributed by atoms with Crippen molar-refractivity contribution in [1.29, 1.82) is 0 Å². The molecular weight excluding hydrogens is 512 g/mol. The van der Waals surface area contributed by atoms with E-state index in [2.05, 4.69) is 92.8 Å². The predicted octanol–water partition coefficient (Wildman–Crippen LogP) is 10.0. The Morgan fingerprint density at radius 2 is 1.60 bits per heavy atom. The molecule has 3 aromatic rings. The van der Waals surface area contributed by atoms with Crippen LogP contribution in [0.2, 0.25) is 0 Å². The summed E-state index contributed by atoms with van der Waals surface area (Å²) in [5, 5.41) is 1.18. The van der Waals surface area contributed by atoms with Crippen molar-refractivity contribution in [2.75, 3.05) is 13.3 Å². The van der Waals surface area contributed by atoms with Crippen molar-refractivity contribution in [2.45, 2.75) is 93.7 Å². The van der Waals surface area contributed by atoms with Crippen LogP contribution in [0, 0.1) is 0 Å². The van der Waals surface area contributed by atoms with Gasteiger partial charge in [0, 0.05) is 28.6 Å². The molecule has 2 heterocycles. The fraction of sp³-hybridized carbons (Fsp3) is 0.457. The number of rotatable bonds is 10. The van der Waals surface area contributed by atoms with Gasteiger partial charge in [0.2, 0.25) is 6.79 Å². The van der Waals surface area contributed by atoms with Gasteiger partial charge in [-0.05, 0) is 71.6 Å². The molecule has 0 saturated carbocycles. The number of hydrogen-bond donors (Lipinski definition) is 0. The van der Waals surface area contributed by atoms with E-state index in [0.717, 1.165) is 37.4 Å². The van der Waals surface area contributed by atoms with Crippen molar-refractivity contribution in [2.24, 2.45) is 0 Å². The molecule has 0 fully saturated rings. The average molecular weight is 563 g/mol. The van der Waals surface area contributed by atoms with Gasteiger partial charge in [-0.2, -0.15) is 0 Å². The Balaban J connectivity index is 0.000000473. The number of aryl methyl sites for hydroxylation is 2. The summed E-state index contributed by atoms with van der Waals surface area (Å²) in [5.74, 6) is 0.856.